The minimum Gasteiger partial charge on any atom is -0.453 e. The van der Waals surface area contributed by atoms with Gasteiger partial charge in [0, 0.05) is 36.4 Å². The fourth-order valence-electron chi connectivity index (χ4n) is 10.4. The zero-order chi connectivity index (χ0) is 47.1. The first-order valence-corrected chi connectivity index (χ1v) is 23.8. The topological polar surface area (TPSA) is 184 Å². The number of hydrogen-bond donors (Lipinski definition) is 4. The minimum absolute atomic E-state index is 0.126. The molecule has 2 aliphatic heterocycles. The molecule has 352 valence electrons. The van der Waals surface area contributed by atoms with E-state index in [0.29, 0.717) is 49.2 Å². The average Bonchev–Trinajstić information content (AvgIpc) is 4.18. The largest absolute Gasteiger partial charge is 0.453 e. The molecule has 0 bridgehead atoms. The highest BCUT2D eigenvalue weighted by Crippen LogP contribution is 2.40. The van der Waals surface area contributed by atoms with Crippen LogP contribution in [0.3, 0.4) is 0 Å². The zero-order valence-corrected chi connectivity index (χ0v) is 38.9. The number of hydrogen-bond acceptors (Lipinski definition) is 9. The number of aromatic nitrogens is 4. The van der Waals surface area contributed by atoms with E-state index in [2.05, 4.69) is 69.1 Å². The molecule has 2 saturated heterocycles. The number of nitrogens with zero attached hydrogens (tertiary/aromatic N) is 4. The van der Waals surface area contributed by atoms with Crippen LogP contribution >= 0.6 is 0 Å². The lowest BCUT2D eigenvalue weighted by Crippen LogP contribution is -2.51. The van der Waals surface area contributed by atoms with Gasteiger partial charge in [-0.15, -0.1) is 0 Å². The standard InChI is InChI=1S/C53H58N8O7/c1-30(2)44(58-52(64)66-3)50(62)61-27-32(29-68-28-31-10-8-11-31)24-43(61)49-55-41-22-18-37-26-35(16-20-39(37)47(41)57-49)34-15-19-38-36(25-34)17-21-40-46(38)56-48(54-40)42-14-9-23-60(42)51(63)45(59-53(65)67-4)33-12-6-5-7-13-33/h5-7,12-13,15-22,25-26,30-32,42-45H,8-11,14,23-24,27-29H2,1-4H3,(H,54,56)(H,55,57)(H,58,64)(H,59,65)/t32-,42-,43-,44-,45+/m0/s1. The molecule has 15 nitrogen and oxygen atoms in total. The summed E-state index contributed by atoms with van der Waals surface area (Å²) in [7, 11) is 2.59. The first-order chi connectivity index (χ1) is 33.1. The van der Waals surface area contributed by atoms with Gasteiger partial charge in [0.15, 0.2) is 0 Å². The van der Waals surface area contributed by atoms with Crippen LogP contribution in [0.15, 0.2) is 91.0 Å². The summed E-state index contributed by atoms with van der Waals surface area (Å²) in [5.74, 6) is 1.65. The molecule has 0 radical (unpaired) electrons. The van der Waals surface area contributed by atoms with Gasteiger partial charge in [-0.1, -0.05) is 87.0 Å². The number of benzene rings is 5. The van der Waals surface area contributed by atoms with E-state index in [1.807, 2.05) is 66.1 Å². The third-order valence-corrected chi connectivity index (χ3v) is 14.3. The van der Waals surface area contributed by atoms with Crippen molar-refractivity contribution in [2.45, 2.75) is 76.5 Å². The molecule has 4 amide bonds. The molecule has 4 heterocycles. The number of imidazole rings is 2. The van der Waals surface area contributed by atoms with E-state index in [0.717, 1.165) is 74.2 Å². The highest BCUT2D eigenvalue weighted by atomic mass is 16.5. The van der Waals surface area contributed by atoms with Crippen LogP contribution in [0.2, 0.25) is 0 Å². The Bertz CT molecular complexity index is 3020. The highest BCUT2D eigenvalue weighted by molar-refractivity contribution is 6.07. The van der Waals surface area contributed by atoms with Crippen molar-refractivity contribution < 1.29 is 33.4 Å². The summed E-state index contributed by atoms with van der Waals surface area (Å²) in [6.45, 7) is 6.21. The van der Waals surface area contributed by atoms with E-state index in [1.54, 1.807) is 0 Å². The summed E-state index contributed by atoms with van der Waals surface area (Å²) >= 11 is 0. The van der Waals surface area contributed by atoms with Crippen LogP contribution < -0.4 is 10.6 Å². The lowest BCUT2D eigenvalue weighted by molar-refractivity contribution is -0.136. The van der Waals surface area contributed by atoms with Crippen molar-refractivity contribution in [2.24, 2.45) is 17.8 Å². The first-order valence-electron chi connectivity index (χ1n) is 23.8. The summed E-state index contributed by atoms with van der Waals surface area (Å²) in [4.78, 5) is 74.1. The fourth-order valence-corrected chi connectivity index (χ4v) is 10.4. The molecule has 3 aliphatic rings. The Labute approximate surface area is 394 Å². The van der Waals surface area contributed by atoms with E-state index >= 15 is 0 Å². The van der Waals surface area contributed by atoms with E-state index in [4.69, 9.17) is 24.2 Å². The molecule has 15 heteroatoms. The Morgan fingerprint density at radius 1 is 0.676 bits per heavy atom. The van der Waals surface area contributed by atoms with Gasteiger partial charge in [-0.25, -0.2) is 19.6 Å². The molecule has 0 spiro atoms. The van der Waals surface area contributed by atoms with Gasteiger partial charge in [-0.05, 0) is 95.7 Å². The van der Waals surface area contributed by atoms with Crippen LogP contribution in [0.4, 0.5) is 9.59 Å². The molecule has 3 fully saturated rings. The number of rotatable bonds is 13. The number of aromatic amines is 2. The maximum Gasteiger partial charge on any atom is 0.407 e. The predicted molar refractivity (Wildman–Crippen MR) is 259 cm³/mol. The Balaban J connectivity index is 0.905. The van der Waals surface area contributed by atoms with Crippen LogP contribution in [0, 0.1) is 17.8 Å². The number of nitrogens with one attached hydrogen (secondary N) is 4. The van der Waals surface area contributed by atoms with Crippen LogP contribution in [-0.2, 0) is 23.8 Å². The van der Waals surface area contributed by atoms with Crippen LogP contribution in [-0.4, -0.2) is 100 Å². The van der Waals surface area contributed by atoms with Crippen LogP contribution in [0.25, 0.3) is 54.7 Å². The summed E-state index contributed by atoms with van der Waals surface area (Å²) in [6, 6.07) is 28.1. The van der Waals surface area contributed by atoms with Gasteiger partial charge in [0.2, 0.25) is 5.91 Å². The van der Waals surface area contributed by atoms with E-state index < -0.39 is 24.3 Å². The molecule has 10 rings (SSSR count). The van der Waals surface area contributed by atoms with Crippen molar-refractivity contribution in [3.63, 3.8) is 0 Å². The Hall–Kier alpha value is -7.00. The quantitative estimate of drug-likeness (QED) is 0.0876. The summed E-state index contributed by atoms with van der Waals surface area (Å²) < 4.78 is 16.0. The van der Waals surface area contributed by atoms with Gasteiger partial charge in [0.1, 0.15) is 23.7 Å². The number of alkyl carbamates (subject to hydrolysis) is 2. The van der Waals surface area contributed by atoms with Crippen molar-refractivity contribution >= 4 is 67.6 Å². The SMILES string of the molecule is COC(=O)N[C@H](C(=O)N1C[C@@H](COCC2CCC2)C[C@H]1c1nc2ccc3cc(-c4ccc5c(ccc6nc([C@@H]7CCCN7C(=O)[C@H](NC(=O)OC)c7ccccc7)[nH]c65)c4)ccc3c2[nH]1)C(C)C. The van der Waals surface area contributed by atoms with Gasteiger partial charge in [0.25, 0.3) is 5.91 Å². The van der Waals surface area contributed by atoms with Crippen LogP contribution in [0.5, 0.6) is 0 Å². The van der Waals surface area contributed by atoms with Gasteiger partial charge in [-0.2, -0.15) is 0 Å². The second-order valence-electron chi connectivity index (χ2n) is 19.0. The fraction of sp³-hybridized carbons (Fsp3) is 0.396. The highest BCUT2D eigenvalue weighted by Gasteiger charge is 2.42. The van der Waals surface area contributed by atoms with Crippen LogP contribution in [0.1, 0.15) is 87.7 Å². The molecule has 1 aliphatic carbocycles. The average molecular weight is 919 g/mol. The van der Waals surface area contributed by atoms with E-state index in [9.17, 15) is 19.2 Å². The molecule has 5 aromatic carbocycles. The number of likely N-dealkylation sites (tertiary alicyclic amines) is 2. The summed E-state index contributed by atoms with van der Waals surface area (Å²) in [6.07, 6.45) is 4.63. The molecule has 5 atom stereocenters. The van der Waals surface area contributed by atoms with Gasteiger partial charge >= 0.3 is 12.2 Å². The molecule has 7 aromatic rings. The van der Waals surface area contributed by atoms with Crippen molar-refractivity contribution in [2.75, 3.05) is 40.5 Å². The number of H-pyrrole nitrogens is 2. The normalized spacial score (nSPS) is 19.5. The Morgan fingerprint density at radius 2 is 1.28 bits per heavy atom. The van der Waals surface area contributed by atoms with Gasteiger partial charge < -0.3 is 44.6 Å². The van der Waals surface area contributed by atoms with Crippen molar-refractivity contribution in [3.8, 4) is 11.1 Å². The number of fused-ring (bicyclic) bond motifs is 6. The number of carbonyl (C=O) groups is 4. The number of amides is 4. The van der Waals surface area contributed by atoms with Crippen molar-refractivity contribution in [3.05, 3.63) is 108 Å². The molecule has 4 N–H and O–H groups in total. The minimum atomic E-state index is -0.896. The Kier molecular flexibility index (Phi) is 12.5. The molecular formula is C53H58N8O7. The molecular weight excluding hydrogens is 861 g/mol. The number of ether oxygens (including phenoxy) is 3. The van der Waals surface area contributed by atoms with E-state index in [1.165, 1.54) is 33.5 Å². The first kappa shape index (κ1) is 44.8. The molecule has 1 saturated carbocycles. The number of carbonyl (C=O) groups excluding carboxylic acids is 4. The smallest absolute Gasteiger partial charge is 0.407 e. The lowest BCUT2D eigenvalue weighted by atomic mass is 9.86. The van der Waals surface area contributed by atoms with E-state index in [-0.39, 0.29) is 35.7 Å². The molecule has 2 aromatic heterocycles. The third kappa shape index (κ3) is 8.70. The maximum absolute atomic E-state index is 14.3. The number of methoxy groups -OCH3 is 2. The summed E-state index contributed by atoms with van der Waals surface area (Å²) in [5.41, 5.74) is 6.25. The second kappa shape index (κ2) is 18.9. The maximum atomic E-state index is 14.3. The lowest BCUT2D eigenvalue weighted by Gasteiger charge is -2.30. The summed E-state index contributed by atoms with van der Waals surface area (Å²) in [5, 5.41) is 9.67. The Morgan fingerprint density at radius 3 is 1.87 bits per heavy atom. The monoisotopic (exact) mass is 918 g/mol. The van der Waals surface area contributed by atoms with Gasteiger partial charge in [0.05, 0.1) is 55.0 Å². The third-order valence-electron chi connectivity index (χ3n) is 14.3. The predicted octanol–water partition coefficient (Wildman–Crippen LogP) is 9.26. The van der Waals surface area contributed by atoms with Crippen molar-refractivity contribution in [1.82, 2.24) is 40.4 Å². The molecule has 68 heavy (non-hydrogen) atoms. The zero-order valence-electron chi connectivity index (χ0n) is 38.9. The molecule has 0 unspecified atom stereocenters. The van der Waals surface area contributed by atoms with Crippen molar-refractivity contribution in [1.29, 1.82) is 0 Å². The second-order valence-corrected chi connectivity index (χ2v) is 19.0. The van der Waals surface area contributed by atoms with Gasteiger partial charge in [-0.3, -0.25) is 9.59 Å².